The van der Waals surface area contributed by atoms with Gasteiger partial charge in [-0.05, 0) is 33.6 Å². The molecule has 2 N–H and O–H groups in total. The molecule has 0 aromatic carbocycles. The fourth-order valence-electron chi connectivity index (χ4n) is 1.77. The highest BCUT2D eigenvalue weighted by Gasteiger charge is 2.13. The Morgan fingerprint density at radius 2 is 2.00 bits per heavy atom. The highest BCUT2D eigenvalue weighted by Crippen LogP contribution is 2.23. The van der Waals surface area contributed by atoms with Crippen LogP contribution in [-0.4, -0.2) is 23.5 Å². The van der Waals surface area contributed by atoms with Gasteiger partial charge in [-0.3, -0.25) is 4.99 Å². The number of aryl methyl sites for hydroxylation is 1. The van der Waals surface area contributed by atoms with Crippen LogP contribution in [0.25, 0.3) is 0 Å². The van der Waals surface area contributed by atoms with Gasteiger partial charge in [-0.15, -0.1) is 11.3 Å². The third-order valence-electron chi connectivity index (χ3n) is 2.55. The lowest BCUT2D eigenvalue weighted by atomic mass is 10.1. The average molecular weight is 282 g/mol. The molecule has 0 aliphatic carbocycles. The van der Waals surface area contributed by atoms with Crippen molar-refractivity contribution in [2.75, 3.05) is 7.05 Å². The van der Waals surface area contributed by atoms with Gasteiger partial charge in [-0.1, -0.05) is 13.8 Å². The minimum absolute atomic E-state index is 0.00370. The van der Waals surface area contributed by atoms with E-state index in [1.807, 2.05) is 0 Å². The lowest BCUT2D eigenvalue weighted by molar-refractivity contribution is 0.501. The monoisotopic (exact) mass is 282 g/mol. The van der Waals surface area contributed by atoms with Crippen molar-refractivity contribution in [1.82, 2.24) is 15.6 Å². The quantitative estimate of drug-likeness (QED) is 0.662. The highest BCUT2D eigenvalue weighted by atomic mass is 32.1. The molecule has 19 heavy (non-hydrogen) atoms. The summed E-state index contributed by atoms with van der Waals surface area (Å²) in [6.45, 7) is 13.6. The Morgan fingerprint density at radius 1 is 1.37 bits per heavy atom. The molecule has 0 aliphatic heterocycles. The van der Waals surface area contributed by atoms with Gasteiger partial charge in [0.1, 0.15) is 5.01 Å². The number of rotatable bonds is 3. The van der Waals surface area contributed by atoms with Gasteiger partial charge in [0.25, 0.3) is 0 Å². The third-order valence-corrected chi connectivity index (χ3v) is 3.53. The highest BCUT2D eigenvalue weighted by molar-refractivity contribution is 7.11. The zero-order chi connectivity index (χ0) is 14.6. The molecule has 0 fully saturated rings. The van der Waals surface area contributed by atoms with E-state index < -0.39 is 0 Å². The second-order valence-electron chi connectivity index (χ2n) is 6.00. The van der Waals surface area contributed by atoms with Gasteiger partial charge in [0.15, 0.2) is 5.96 Å². The zero-order valence-corrected chi connectivity index (χ0v) is 13.9. The molecule has 108 valence electrons. The Hall–Kier alpha value is -1.10. The third kappa shape index (κ3) is 5.19. The molecule has 1 rings (SSSR count). The lowest BCUT2D eigenvalue weighted by Crippen LogP contribution is -2.47. The predicted molar refractivity (Wildman–Crippen MR) is 84.0 cm³/mol. The smallest absolute Gasteiger partial charge is 0.191 e. The molecule has 0 bridgehead atoms. The molecule has 0 radical (unpaired) electrons. The van der Waals surface area contributed by atoms with Crippen molar-refractivity contribution in [3.8, 4) is 0 Å². The summed E-state index contributed by atoms with van der Waals surface area (Å²) in [7, 11) is 1.79. The maximum atomic E-state index is 4.69. The van der Waals surface area contributed by atoms with Crippen molar-refractivity contribution in [2.45, 2.75) is 59.5 Å². The van der Waals surface area contributed by atoms with E-state index in [1.165, 1.54) is 10.6 Å². The van der Waals surface area contributed by atoms with E-state index in [1.54, 1.807) is 18.4 Å². The van der Waals surface area contributed by atoms with Crippen LogP contribution in [0.3, 0.4) is 0 Å². The maximum absolute atomic E-state index is 4.69. The second kappa shape index (κ2) is 6.37. The van der Waals surface area contributed by atoms with Gasteiger partial charge < -0.3 is 10.6 Å². The fourth-order valence-corrected chi connectivity index (χ4v) is 2.80. The Labute approximate surface area is 120 Å². The number of aromatic nitrogens is 1. The molecule has 0 saturated carbocycles. The molecular weight excluding hydrogens is 256 g/mol. The molecule has 0 aliphatic rings. The van der Waals surface area contributed by atoms with E-state index in [4.69, 9.17) is 0 Å². The molecule has 0 saturated heterocycles. The summed E-state index contributed by atoms with van der Waals surface area (Å²) in [5.41, 5.74) is 1.21. The number of nitrogens with zero attached hydrogens (tertiary/aromatic N) is 2. The summed E-state index contributed by atoms with van der Waals surface area (Å²) in [6.07, 6.45) is 0. The topological polar surface area (TPSA) is 49.3 Å². The van der Waals surface area contributed by atoms with Gasteiger partial charge in [-0.2, -0.15) is 0 Å². The van der Waals surface area contributed by atoms with Gasteiger partial charge in [0.2, 0.25) is 0 Å². The van der Waals surface area contributed by atoms with Crippen LogP contribution in [0.4, 0.5) is 0 Å². The molecule has 0 atom stereocenters. The first-order valence-electron chi connectivity index (χ1n) is 6.68. The summed E-state index contributed by atoms with van der Waals surface area (Å²) in [5, 5.41) is 7.75. The van der Waals surface area contributed by atoms with Gasteiger partial charge in [0.05, 0.1) is 12.2 Å². The van der Waals surface area contributed by atoms with Crippen LogP contribution in [-0.2, 0) is 6.54 Å². The van der Waals surface area contributed by atoms with E-state index in [9.17, 15) is 0 Å². The summed E-state index contributed by atoms with van der Waals surface area (Å²) >= 11 is 1.76. The number of hydrogen-bond acceptors (Lipinski definition) is 3. The SMILES string of the molecule is CN=C(NCc1nc(C(C)C)c(C)s1)NC(C)(C)C. The molecule has 1 aromatic heterocycles. The Kier molecular flexibility index (Phi) is 5.35. The molecule has 5 heteroatoms. The zero-order valence-electron chi connectivity index (χ0n) is 13.1. The first-order valence-corrected chi connectivity index (χ1v) is 7.49. The van der Waals surface area contributed by atoms with Crippen molar-refractivity contribution in [2.24, 2.45) is 4.99 Å². The molecule has 0 unspecified atom stereocenters. The van der Waals surface area contributed by atoms with E-state index in [0.717, 1.165) is 11.0 Å². The van der Waals surface area contributed by atoms with Crippen LogP contribution >= 0.6 is 11.3 Å². The minimum atomic E-state index is 0.00370. The van der Waals surface area contributed by atoms with Crippen LogP contribution in [0.15, 0.2) is 4.99 Å². The number of thiazole rings is 1. The molecule has 0 amide bonds. The predicted octanol–water partition coefficient (Wildman–Crippen LogP) is 3.04. The van der Waals surface area contributed by atoms with Crippen molar-refractivity contribution in [1.29, 1.82) is 0 Å². The summed E-state index contributed by atoms with van der Waals surface area (Å²) in [4.78, 5) is 10.2. The summed E-state index contributed by atoms with van der Waals surface area (Å²) in [6, 6.07) is 0. The Balaban J connectivity index is 2.63. The number of hydrogen-bond donors (Lipinski definition) is 2. The van der Waals surface area contributed by atoms with Crippen molar-refractivity contribution in [3.63, 3.8) is 0 Å². The van der Waals surface area contributed by atoms with Crippen LogP contribution in [0.1, 0.15) is 56.1 Å². The molecule has 1 heterocycles. The van der Waals surface area contributed by atoms with Crippen molar-refractivity contribution < 1.29 is 0 Å². The van der Waals surface area contributed by atoms with Gasteiger partial charge in [-0.25, -0.2) is 4.98 Å². The van der Waals surface area contributed by atoms with E-state index in [-0.39, 0.29) is 5.54 Å². The number of guanidine groups is 1. The minimum Gasteiger partial charge on any atom is -0.352 e. The van der Waals surface area contributed by atoms with Crippen LogP contribution in [0.2, 0.25) is 0 Å². The second-order valence-corrected chi connectivity index (χ2v) is 7.29. The standard InChI is InChI=1S/C14H26N4S/c1-9(2)12-10(3)19-11(17-12)8-16-13(15-7)18-14(4,5)6/h9H,8H2,1-7H3,(H2,15,16,18). The van der Waals surface area contributed by atoms with Crippen molar-refractivity contribution >= 4 is 17.3 Å². The lowest BCUT2D eigenvalue weighted by Gasteiger charge is -2.23. The van der Waals surface area contributed by atoms with Gasteiger partial charge >= 0.3 is 0 Å². The fraction of sp³-hybridized carbons (Fsp3) is 0.714. The normalized spacial score (nSPS) is 12.9. The molecule has 0 spiro atoms. The van der Waals surface area contributed by atoms with Crippen LogP contribution in [0, 0.1) is 6.92 Å². The molecule has 4 nitrogen and oxygen atoms in total. The maximum Gasteiger partial charge on any atom is 0.191 e. The van der Waals surface area contributed by atoms with E-state index in [0.29, 0.717) is 12.5 Å². The van der Waals surface area contributed by atoms with E-state index >= 15 is 0 Å². The van der Waals surface area contributed by atoms with Crippen LogP contribution in [0.5, 0.6) is 0 Å². The first kappa shape index (κ1) is 16.0. The Bertz CT molecular complexity index is 441. The summed E-state index contributed by atoms with van der Waals surface area (Å²) in [5.74, 6) is 1.29. The number of aliphatic imine (C=N–C) groups is 1. The van der Waals surface area contributed by atoms with Crippen LogP contribution < -0.4 is 10.6 Å². The van der Waals surface area contributed by atoms with Crippen molar-refractivity contribution in [3.05, 3.63) is 15.6 Å². The van der Waals surface area contributed by atoms with Gasteiger partial charge in [0, 0.05) is 17.5 Å². The Morgan fingerprint density at radius 3 is 2.42 bits per heavy atom. The van der Waals surface area contributed by atoms with E-state index in [2.05, 4.69) is 62.2 Å². The first-order chi connectivity index (χ1) is 8.73. The summed E-state index contributed by atoms with van der Waals surface area (Å²) < 4.78 is 0. The molecule has 1 aromatic rings. The average Bonchev–Trinajstić information content (AvgIpc) is 2.64. The molecular formula is C14H26N4S. The largest absolute Gasteiger partial charge is 0.352 e. The number of nitrogens with one attached hydrogen (secondary N) is 2.